The van der Waals surface area contributed by atoms with Crippen molar-refractivity contribution in [3.63, 3.8) is 0 Å². The first-order chi connectivity index (χ1) is 14.2. The first-order valence-corrected chi connectivity index (χ1v) is 12.0. The number of fused-ring (bicyclic) bond motifs is 1. The largest absolute Gasteiger partial charge is 0.453 e. The van der Waals surface area contributed by atoms with Crippen LogP contribution in [0.3, 0.4) is 0 Å². The van der Waals surface area contributed by atoms with Crippen LogP contribution in [0.25, 0.3) is 0 Å². The van der Waals surface area contributed by atoms with Gasteiger partial charge in [0.15, 0.2) is 0 Å². The van der Waals surface area contributed by atoms with Gasteiger partial charge in [-0.05, 0) is 37.0 Å². The van der Waals surface area contributed by atoms with Gasteiger partial charge >= 0.3 is 6.09 Å². The topological polar surface area (TPSA) is 117 Å². The van der Waals surface area contributed by atoms with Crippen LogP contribution in [-0.2, 0) is 19.6 Å². The number of hydrogen-bond donors (Lipinski definition) is 2. The zero-order chi connectivity index (χ0) is 22.1. The minimum atomic E-state index is -3.90. The lowest BCUT2D eigenvalue weighted by atomic mass is 9.97. The summed E-state index contributed by atoms with van der Waals surface area (Å²) in [5, 5.41) is 5.70. The minimum Gasteiger partial charge on any atom is -0.453 e. The van der Waals surface area contributed by atoms with Crippen molar-refractivity contribution < 1.29 is 22.7 Å². The van der Waals surface area contributed by atoms with Crippen LogP contribution in [0, 0.1) is 5.92 Å². The van der Waals surface area contributed by atoms with Gasteiger partial charge in [-0.1, -0.05) is 36.2 Å². The highest BCUT2D eigenvalue weighted by molar-refractivity contribution is 9.10. The molecular weight excluding hydrogens is 476 g/mol. The maximum absolute atomic E-state index is 13.3. The molecule has 3 unspecified atom stereocenters. The van der Waals surface area contributed by atoms with Crippen molar-refractivity contribution in [2.24, 2.45) is 10.3 Å². The highest BCUT2D eigenvalue weighted by atomic mass is 79.9. The van der Waals surface area contributed by atoms with Gasteiger partial charge in [0, 0.05) is 11.0 Å². The molecule has 2 N–H and O–H groups in total. The molecule has 0 spiro atoms. The van der Waals surface area contributed by atoms with Crippen molar-refractivity contribution in [3.05, 3.63) is 22.7 Å². The molecule has 0 radical (unpaired) electrons. The van der Waals surface area contributed by atoms with E-state index in [1.807, 2.05) is 13.8 Å². The van der Waals surface area contributed by atoms with E-state index in [9.17, 15) is 18.0 Å². The number of halogens is 1. The van der Waals surface area contributed by atoms with Crippen LogP contribution in [0.15, 0.2) is 32.0 Å². The van der Waals surface area contributed by atoms with E-state index < -0.39 is 28.2 Å². The molecule has 1 aromatic rings. The van der Waals surface area contributed by atoms with Gasteiger partial charge in [-0.15, -0.1) is 4.40 Å². The highest BCUT2D eigenvalue weighted by Crippen LogP contribution is 2.33. The molecule has 0 bridgehead atoms. The summed E-state index contributed by atoms with van der Waals surface area (Å²) in [5.74, 6) is -0.182. The van der Waals surface area contributed by atoms with Gasteiger partial charge in [0.2, 0.25) is 5.91 Å². The predicted octanol–water partition coefficient (Wildman–Crippen LogP) is 2.72. The summed E-state index contributed by atoms with van der Waals surface area (Å²) in [6, 6.07) is 3.60. The number of sulfonamides is 1. The fourth-order valence-electron chi connectivity index (χ4n) is 3.66. The second-order valence-electron chi connectivity index (χ2n) is 7.41. The molecule has 2 aliphatic rings. The predicted molar refractivity (Wildman–Crippen MR) is 116 cm³/mol. The van der Waals surface area contributed by atoms with Crippen molar-refractivity contribution in [2.75, 3.05) is 19.0 Å². The fraction of sp³-hybridized carbons (Fsp3) is 0.526. The number of hydrogen-bond acceptors (Lipinski definition) is 6. The van der Waals surface area contributed by atoms with Crippen LogP contribution >= 0.6 is 15.9 Å². The summed E-state index contributed by atoms with van der Waals surface area (Å²) in [5.41, 5.74) is 0.425. The molecule has 0 aliphatic carbocycles. The van der Waals surface area contributed by atoms with Gasteiger partial charge in [0.1, 0.15) is 16.8 Å². The number of methoxy groups -OCH3 is 1. The molecule has 3 rings (SSSR count). The Bertz CT molecular complexity index is 981. The average Bonchev–Trinajstić information content (AvgIpc) is 3.20. The van der Waals surface area contributed by atoms with E-state index in [1.54, 1.807) is 17.0 Å². The van der Waals surface area contributed by atoms with Crippen LogP contribution in [0.2, 0.25) is 0 Å². The Kier molecular flexibility index (Phi) is 6.71. The smallest absolute Gasteiger partial charge is 0.407 e. The lowest BCUT2D eigenvalue weighted by molar-refractivity contribution is -0.134. The third-order valence-corrected chi connectivity index (χ3v) is 7.32. The normalized spacial score (nSPS) is 21.7. The Hall–Kier alpha value is -2.14. The van der Waals surface area contributed by atoms with E-state index >= 15 is 0 Å². The number of alkyl carbamates (subject to hydrolysis) is 1. The average molecular weight is 501 g/mol. The molecule has 2 heterocycles. The first kappa shape index (κ1) is 22.5. The Labute approximate surface area is 184 Å². The second-order valence-corrected chi connectivity index (χ2v) is 9.89. The third-order valence-electron chi connectivity index (χ3n) is 5.49. The van der Waals surface area contributed by atoms with E-state index in [-0.39, 0.29) is 22.6 Å². The van der Waals surface area contributed by atoms with Gasteiger partial charge in [0.05, 0.1) is 18.8 Å². The Morgan fingerprint density at radius 3 is 2.83 bits per heavy atom. The van der Waals surface area contributed by atoms with Gasteiger partial charge in [-0.2, -0.15) is 8.42 Å². The summed E-state index contributed by atoms with van der Waals surface area (Å²) < 4.78 is 34.7. The van der Waals surface area contributed by atoms with E-state index in [2.05, 4.69) is 35.7 Å². The number of carbonyl (C=O) groups is 2. The first-order valence-electron chi connectivity index (χ1n) is 9.74. The molecule has 30 heavy (non-hydrogen) atoms. The molecule has 1 aromatic carbocycles. The molecule has 2 aliphatic heterocycles. The SMILES string of the molecule is CCC(C)C(NC(=O)OC)C(=O)N1CCCC1C1=NS(=O)(=O)c2cc(Br)ccc2N1. The number of ether oxygens (including phenoxy) is 1. The van der Waals surface area contributed by atoms with Gasteiger partial charge in [-0.3, -0.25) is 4.79 Å². The summed E-state index contributed by atoms with van der Waals surface area (Å²) in [6.07, 6.45) is 1.27. The molecule has 164 valence electrons. The minimum absolute atomic E-state index is 0.0846. The highest BCUT2D eigenvalue weighted by Gasteiger charge is 2.40. The van der Waals surface area contributed by atoms with E-state index in [0.717, 1.165) is 0 Å². The maximum Gasteiger partial charge on any atom is 0.407 e. The fourth-order valence-corrected chi connectivity index (χ4v) is 5.37. The van der Waals surface area contributed by atoms with Crippen molar-refractivity contribution in [1.82, 2.24) is 10.2 Å². The molecule has 1 fully saturated rings. The van der Waals surface area contributed by atoms with Gasteiger partial charge in [0.25, 0.3) is 10.0 Å². The summed E-state index contributed by atoms with van der Waals surface area (Å²) >= 11 is 3.28. The van der Waals surface area contributed by atoms with E-state index in [4.69, 9.17) is 0 Å². The standard InChI is InChI=1S/C19H25BrN4O5S/c1-4-11(2)16(22-19(26)29-3)18(25)24-9-5-6-14(24)17-21-13-8-7-12(20)10-15(13)30(27,28)23-17/h7-8,10-11,14,16H,4-6,9H2,1-3H3,(H,21,23)(H,22,26). The van der Waals surface area contributed by atoms with Crippen LogP contribution in [0.4, 0.5) is 10.5 Å². The van der Waals surface area contributed by atoms with Crippen LogP contribution < -0.4 is 10.6 Å². The number of amidine groups is 1. The number of nitrogens with one attached hydrogen (secondary N) is 2. The molecule has 0 aromatic heterocycles. The Morgan fingerprint density at radius 1 is 1.43 bits per heavy atom. The number of amides is 2. The van der Waals surface area contributed by atoms with Gasteiger partial charge in [-0.25, -0.2) is 4.79 Å². The number of benzene rings is 1. The van der Waals surface area contributed by atoms with E-state index in [1.165, 1.54) is 13.2 Å². The van der Waals surface area contributed by atoms with Gasteiger partial charge < -0.3 is 20.3 Å². The molecule has 1 saturated heterocycles. The molecule has 0 saturated carbocycles. The number of anilines is 1. The zero-order valence-corrected chi connectivity index (χ0v) is 19.4. The number of nitrogens with zero attached hydrogens (tertiary/aromatic N) is 2. The number of likely N-dealkylation sites (tertiary alicyclic amines) is 1. The monoisotopic (exact) mass is 500 g/mol. The van der Waals surface area contributed by atoms with Crippen LogP contribution in [0.1, 0.15) is 33.1 Å². The number of carbonyl (C=O) groups excluding carboxylic acids is 2. The molecule has 2 amide bonds. The molecule has 9 nitrogen and oxygen atoms in total. The van der Waals surface area contributed by atoms with Crippen molar-refractivity contribution in [1.29, 1.82) is 0 Å². The maximum atomic E-state index is 13.3. The van der Waals surface area contributed by atoms with E-state index in [0.29, 0.717) is 36.0 Å². The lowest BCUT2D eigenvalue weighted by Gasteiger charge is -2.33. The van der Waals surface area contributed by atoms with Crippen LogP contribution in [0.5, 0.6) is 0 Å². The van der Waals surface area contributed by atoms with Crippen molar-refractivity contribution in [2.45, 2.75) is 50.1 Å². The quantitative estimate of drug-likeness (QED) is 0.641. The van der Waals surface area contributed by atoms with Crippen molar-refractivity contribution in [3.8, 4) is 0 Å². The second kappa shape index (κ2) is 8.93. The molecule has 11 heteroatoms. The van der Waals surface area contributed by atoms with Crippen molar-refractivity contribution >= 4 is 49.5 Å². The third kappa shape index (κ3) is 4.46. The summed E-state index contributed by atoms with van der Waals surface area (Å²) in [4.78, 5) is 26.8. The zero-order valence-electron chi connectivity index (χ0n) is 17.0. The lowest BCUT2D eigenvalue weighted by Crippen LogP contribution is -2.55. The Morgan fingerprint density at radius 2 is 2.17 bits per heavy atom. The summed E-state index contributed by atoms with van der Waals surface area (Å²) in [7, 11) is -2.65. The molecule has 3 atom stereocenters. The molecular formula is C19H25BrN4O5S. The summed E-state index contributed by atoms with van der Waals surface area (Å²) in [6.45, 7) is 4.26. The number of rotatable bonds is 5. The van der Waals surface area contributed by atoms with Crippen LogP contribution in [-0.4, -0.2) is 56.9 Å². The Balaban J connectivity index is 1.90.